The third-order valence-corrected chi connectivity index (χ3v) is 3.03. The number of aliphatic hydroxyl groups excluding tert-OH is 2. The topological polar surface area (TPSA) is 119 Å². The molecule has 0 bridgehead atoms. The van der Waals surface area contributed by atoms with Crippen LogP contribution in [0.25, 0.3) is 11.2 Å². The molecule has 4 N–H and O–H groups in total. The van der Waals surface area contributed by atoms with Crippen molar-refractivity contribution in [1.29, 1.82) is 0 Å². The lowest BCUT2D eigenvalue weighted by Crippen LogP contribution is -2.19. The fraction of sp³-hybridized carbons (Fsp3) is 0.500. The summed E-state index contributed by atoms with van der Waals surface area (Å²) in [4.78, 5) is 12.0. The highest BCUT2D eigenvalue weighted by Gasteiger charge is 2.35. The molecule has 0 radical (unpaired) electrons. The Morgan fingerprint density at radius 3 is 3.00 bits per heavy atom. The molecule has 2 aromatic rings. The van der Waals surface area contributed by atoms with Crippen molar-refractivity contribution in [3.63, 3.8) is 0 Å². The molecule has 0 saturated carbocycles. The van der Waals surface area contributed by atoms with Crippen LogP contribution in [0.3, 0.4) is 0 Å². The Balaban J connectivity index is 2.02. The molecular formula is C10H13N5O3. The molecule has 1 saturated heterocycles. The first-order chi connectivity index (χ1) is 8.70. The lowest BCUT2D eigenvalue weighted by molar-refractivity contribution is -0.0486. The van der Waals surface area contributed by atoms with E-state index in [1.165, 1.54) is 12.7 Å². The zero-order chi connectivity index (χ0) is 12.7. The zero-order valence-corrected chi connectivity index (χ0v) is 9.47. The van der Waals surface area contributed by atoms with Crippen LogP contribution < -0.4 is 5.73 Å². The molecule has 0 aromatic carbocycles. The van der Waals surface area contributed by atoms with Crippen molar-refractivity contribution in [1.82, 2.24) is 19.5 Å². The van der Waals surface area contributed by atoms with Gasteiger partial charge in [0.05, 0.1) is 19.0 Å². The van der Waals surface area contributed by atoms with Gasteiger partial charge in [-0.2, -0.15) is 0 Å². The first kappa shape index (κ1) is 11.3. The van der Waals surface area contributed by atoms with Crippen LogP contribution in [0.2, 0.25) is 0 Å². The standard InChI is InChI=1S/C10H13N5O3/c11-8-7-9(13-3-12-8)15(4-14-7)10-6(17)1-5(2-16)18-10/h3-6,10,16-17H,1-2H2,(H2,11,12,13)/t5-,6+,10-/m0/s1. The fourth-order valence-electron chi connectivity index (χ4n) is 2.15. The van der Waals surface area contributed by atoms with E-state index in [1.54, 1.807) is 4.57 Å². The molecule has 8 heteroatoms. The van der Waals surface area contributed by atoms with Gasteiger partial charge in [0, 0.05) is 6.42 Å². The number of nitrogens with zero attached hydrogens (tertiary/aromatic N) is 4. The van der Waals surface area contributed by atoms with Gasteiger partial charge in [-0.3, -0.25) is 4.57 Å². The van der Waals surface area contributed by atoms with Gasteiger partial charge in [-0.25, -0.2) is 15.0 Å². The summed E-state index contributed by atoms with van der Waals surface area (Å²) >= 11 is 0. The molecule has 1 aliphatic rings. The van der Waals surface area contributed by atoms with E-state index in [4.69, 9.17) is 15.6 Å². The number of hydrogen-bond acceptors (Lipinski definition) is 7. The molecule has 18 heavy (non-hydrogen) atoms. The minimum Gasteiger partial charge on any atom is -0.394 e. The largest absolute Gasteiger partial charge is 0.394 e. The molecule has 0 aliphatic carbocycles. The highest BCUT2D eigenvalue weighted by atomic mass is 16.5. The second-order valence-electron chi connectivity index (χ2n) is 4.22. The Bertz CT molecular complexity index is 572. The number of aliphatic hydroxyl groups is 2. The van der Waals surface area contributed by atoms with Crippen molar-refractivity contribution >= 4 is 17.0 Å². The minimum atomic E-state index is -0.712. The number of rotatable bonds is 2. The number of nitrogens with two attached hydrogens (primary N) is 1. The predicted octanol–water partition coefficient (Wildman–Crippen LogP) is -0.951. The second kappa shape index (κ2) is 4.16. The van der Waals surface area contributed by atoms with Gasteiger partial charge in [0.15, 0.2) is 17.7 Å². The molecule has 3 atom stereocenters. The molecular weight excluding hydrogens is 238 g/mol. The van der Waals surface area contributed by atoms with Crippen LogP contribution in [0.15, 0.2) is 12.7 Å². The van der Waals surface area contributed by atoms with Crippen LogP contribution in [0, 0.1) is 0 Å². The summed E-state index contributed by atoms with van der Waals surface area (Å²) in [6, 6.07) is 0. The Kier molecular flexibility index (Phi) is 2.62. The summed E-state index contributed by atoms with van der Waals surface area (Å²) in [6.45, 7) is -0.128. The fourth-order valence-corrected chi connectivity index (χ4v) is 2.15. The minimum absolute atomic E-state index is 0.128. The second-order valence-corrected chi connectivity index (χ2v) is 4.22. The summed E-state index contributed by atoms with van der Waals surface area (Å²) in [5, 5.41) is 19.0. The van der Waals surface area contributed by atoms with E-state index < -0.39 is 12.3 Å². The summed E-state index contributed by atoms with van der Waals surface area (Å²) in [5.74, 6) is 0.282. The average Bonchev–Trinajstić information content (AvgIpc) is 2.93. The van der Waals surface area contributed by atoms with Gasteiger partial charge in [-0.15, -0.1) is 0 Å². The lowest BCUT2D eigenvalue weighted by Gasteiger charge is -2.16. The van der Waals surface area contributed by atoms with Gasteiger partial charge in [-0.1, -0.05) is 0 Å². The van der Waals surface area contributed by atoms with E-state index >= 15 is 0 Å². The number of ether oxygens (including phenoxy) is 1. The van der Waals surface area contributed by atoms with Gasteiger partial charge in [-0.05, 0) is 0 Å². The first-order valence-corrected chi connectivity index (χ1v) is 5.58. The number of nitrogen functional groups attached to an aromatic ring is 1. The van der Waals surface area contributed by atoms with Gasteiger partial charge in [0.25, 0.3) is 0 Å². The molecule has 0 amide bonds. The van der Waals surface area contributed by atoms with E-state index in [2.05, 4.69) is 15.0 Å². The molecule has 3 heterocycles. The van der Waals surface area contributed by atoms with Crippen LogP contribution in [-0.4, -0.2) is 48.5 Å². The number of fused-ring (bicyclic) bond motifs is 1. The monoisotopic (exact) mass is 251 g/mol. The summed E-state index contributed by atoms with van der Waals surface area (Å²) in [7, 11) is 0. The van der Waals surface area contributed by atoms with Gasteiger partial charge in [0.1, 0.15) is 17.9 Å². The van der Waals surface area contributed by atoms with E-state index in [0.29, 0.717) is 17.6 Å². The predicted molar refractivity (Wildman–Crippen MR) is 61.4 cm³/mol. The first-order valence-electron chi connectivity index (χ1n) is 5.58. The lowest BCUT2D eigenvalue weighted by atomic mass is 10.2. The maximum atomic E-state index is 9.93. The Morgan fingerprint density at radius 1 is 1.44 bits per heavy atom. The van der Waals surface area contributed by atoms with Crippen LogP contribution in [-0.2, 0) is 4.74 Å². The van der Waals surface area contributed by atoms with E-state index in [9.17, 15) is 5.11 Å². The maximum absolute atomic E-state index is 9.93. The Morgan fingerprint density at radius 2 is 2.28 bits per heavy atom. The van der Waals surface area contributed by atoms with E-state index in [0.717, 1.165) is 0 Å². The number of aromatic nitrogens is 4. The van der Waals surface area contributed by atoms with E-state index in [-0.39, 0.29) is 18.5 Å². The quantitative estimate of drug-likeness (QED) is 0.629. The van der Waals surface area contributed by atoms with Gasteiger partial charge < -0.3 is 20.7 Å². The highest BCUT2D eigenvalue weighted by molar-refractivity contribution is 5.81. The zero-order valence-electron chi connectivity index (χ0n) is 9.47. The molecule has 1 aliphatic heterocycles. The molecule has 0 unspecified atom stereocenters. The van der Waals surface area contributed by atoms with Crippen LogP contribution in [0.4, 0.5) is 5.82 Å². The maximum Gasteiger partial charge on any atom is 0.167 e. The Labute approximate surface area is 102 Å². The number of hydrogen-bond donors (Lipinski definition) is 3. The van der Waals surface area contributed by atoms with Crippen molar-refractivity contribution in [3.05, 3.63) is 12.7 Å². The van der Waals surface area contributed by atoms with Crippen molar-refractivity contribution in [2.45, 2.75) is 24.9 Å². The van der Waals surface area contributed by atoms with Crippen molar-refractivity contribution in [3.8, 4) is 0 Å². The number of anilines is 1. The molecule has 2 aromatic heterocycles. The molecule has 8 nitrogen and oxygen atoms in total. The average molecular weight is 251 g/mol. The number of imidazole rings is 1. The Hall–Kier alpha value is -1.77. The van der Waals surface area contributed by atoms with Gasteiger partial charge in [0.2, 0.25) is 0 Å². The van der Waals surface area contributed by atoms with Crippen molar-refractivity contribution < 1.29 is 14.9 Å². The highest BCUT2D eigenvalue weighted by Crippen LogP contribution is 2.31. The molecule has 1 fully saturated rings. The molecule has 0 spiro atoms. The van der Waals surface area contributed by atoms with E-state index in [1.807, 2.05) is 0 Å². The molecule has 96 valence electrons. The van der Waals surface area contributed by atoms with Crippen molar-refractivity contribution in [2.24, 2.45) is 0 Å². The summed E-state index contributed by atoms with van der Waals surface area (Å²) in [6.07, 6.45) is 1.52. The van der Waals surface area contributed by atoms with Gasteiger partial charge >= 0.3 is 0 Å². The SMILES string of the molecule is Nc1ncnc2c1ncn2[C@H]1O[C@H](CO)C[C@H]1O. The van der Waals surface area contributed by atoms with Crippen LogP contribution in [0.1, 0.15) is 12.6 Å². The normalized spacial score (nSPS) is 28.0. The van der Waals surface area contributed by atoms with Crippen LogP contribution >= 0.6 is 0 Å². The molecule has 3 rings (SSSR count). The third kappa shape index (κ3) is 1.62. The summed E-state index contributed by atoms with van der Waals surface area (Å²) in [5.41, 5.74) is 6.66. The third-order valence-electron chi connectivity index (χ3n) is 3.03. The smallest absolute Gasteiger partial charge is 0.167 e. The summed E-state index contributed by atoms with van der Waals surface area (Å²) < 4.78 is 7.14. The van der Waals surface area contributed by atoms with Crippen molar-refractivity contribution in [2.75, 3.05) is 12.3 Å². The van der Waals surface area contributed by atoms with Crippen LogP contribution in [0.5, 0.6) is 0 Å².